The first-order valence-corrected chi connectivity index (χ1v) is 7.61. The zero-order valence-electron chi connectivity index (χ0n) is 13.0. The van der Waals surface area contributed by atoms with Gasteiger partial charge in [0.1, 0.15) is 5.54 Å². The predicted octanol–water partition coefficient (Wildman–Crippen LogP) is 2.18. The molecule has 4 heteroatoms. The summed E-state index contributed by atoms with van der Waals surface area (Å²) in [5.74, 6) is -0.148. The molecule has 0 aromatic heterocycles. The lowest BCUT2D eigenvalue weighted by atomic mass is 9.91. The third-order valence-corrected chi connectivity index (χ3v) is 4.12. The van der Waals surface area contributed by atoms with Crippen molar-refractivity contribution in [2.75, 3.05) is 26.7 Å². The maximum Gasteiger partial charge on any atom is 0.325 e. The van der Waals surface area contributed by atoms with Crippen LogP contribution in [0.2, 0.25) is 0 Å². The zero-order valence-corrected chi connectivity index (χ0v) is 13.0. The molecule has 1 saturated heterocycles. The molecule has 0 spiro atoms. The first kappa shape index (κ1) is 16.4. The molecular formula is C15H30N2O2. The average Bonchev–Trinajstić information content (AvgIpc) is 2.45. The van der Waals surface area contributed by atoms with Crippen LogP contribution in [0.15, 0.2) is 0 Å². The fourth-order valence-electron chi connectivity index (χ4n) is 2.93. The van der Waals surface area contributed by atoms with Crippen molar-refractivity contribution < 1.29 is 9.53 Å². The molecule has 112 valence electrons. The highest BCUT2D eigenvalue weighted by atomic mass is 16.5. The van der Waals surface area contributed by atoms with Gasteiger partial charge in [-0.05, 0) is 59.2 Å². The lowest BCUT2D eigenvalue weighted by Crippen LogP contribution is -2.54. The van der Waals surface area contributed by atoms with Crippen LogP contribution in [0.3, 0.4) is 0 Å². The molecular weight excluding hydrogens is 240 g/mol. The SMILES string of the molecule is CCCNC(C)(CC(C)N1CCCCC1)C(=O)OC. The van der Waals surface area contributed by atoms with Crippen LogP contribution in [0, 0.1) is 0 Å². The van der Waals surface area contributed by atoms with Crippen LogP contribution in [0.5, 0.6) is 0 Å². The van der Waals surface area contributed by atoms with E-state index in [2.05, 4.69) is 24.1 Å². The van der Waals surface area contributed by atoms with Crippen LogP contribution < -0.4 is 5.32 Å². The van der Waals surface area contributed by atoms with Crippen molar-refractivity contribution in [3.05, 3.63) is 0 Å². The maximum atomic E-state index is 12.1. The molecule has 2 unspecified atom stereocenters. The summed E-state index contributed by atoms with van der Waals surface area (Å²) in [7, 11) is 1.47. The van der Waals surface area contributed by atoms with Gasteiger partial charge in [-0.25, -0.2) is 0 Å². The number of likely N-dealkylation sites (tertiary alicyclic amines) is 1. The van der Waals surface area contributed by atoms with E-state index in [1.54, 1.807) is 0 Å². The molecule has 1 aliphatic heterocycles. The molecule has 19 heavy (non-hydrogen) atoms. The molecule has 1 rings (SSSR count). The van der Waals surface area contributed by atoms with E-state index in [0.29, 0.717) is 6.04 Å². The summed E-state index contributed by atoms with van der Waals surface area (Å²) in [6.07, 6.45) is 5.72. The molecule has 0 saturated carbocycles. The molecule has 0 radical (unpaired) electrons. The number of carbonyl (C=O) groups excluding carboxylic acids is 1. The van der Waals surface area contributed by atoms with Gasteiger partial charge in [0.15, 0.2) is 0 Å². The first-order valence-electron chi connectivity index (χ1n) is 7.61. The third-order valence-electron chi connectivity index (χ3n) is 4.12. The van der Waals surface area contributed by atoms with E-state index in [4.69, 9.17) is 4.74 Å². The van der Waals surface area contributed by atoms with E-state index >= 15 is 0 Å². The lowest BCUT2D eigenvalue weighted by Gasteiger charge is -2.37. The second kappa shape index (κ2) is 7.85. The fraction of sp³-hybridized carbons (Fsp3) is 0.933. The van der Waals surface area contributed by atoms with E-state index in [1.165, 1.54) is 26.4 Å². The highest BCUT2D eigenvalue weighted by molar-refractivity contribution is 5.80. The molecule has 0 aromatic carbocycles. The molecule has 4 nitrogen and oxygen atoms in total. The van der Waals surface area contributed by atoms with Gasteiger partial charge in [-0.2, -0.15) is 0 Å². The summed E-state index contributed by atoms with van der Waals surface area (Å²) in [6, 6.07) is 0.411. The van der Waals surface area contributed by atoms with Gasteiger partial charge >= 0.3 is 5.97 Å². The van der Waals surface area contributed by atoms with E-state index < -0.39 is 5.54 Å². The molecule has 0 aromatic rings. The summed E-state index contributed by atoms with van der Waals surface area (Å²) in [6.45, 7) is 9.46. The van der Waals surface area contributed by atoms with Gasteiger partial charge in [-0.1, -0.05) is 13.3 Å². The number of hydrogen-bond acceptors (Lipinski definition) is 4. The number of nitrogens with one attached hydrogen (secondary N) is 1. The summed E-state index contributed by atoms with van der Waals surface area (Å²) < 4.78 is 4.98. The van der Waals surface area contributed by atoms with Crippen molar-refractivity contribution in [3.63, 3.8) is 0 Å². The van der Waals surface area contributed by atoms with Crippen LogP contribution in [0.25, 0.3) is 0 Å². The molecule has 2 atom stereocenters. The second-order valence-corrected chi connectivity index (χ2v) is 5.90. The molecule has 1 heterocycles. The van der Waals surface area contributed by atoms with Gasteiger partial charge < -0.3 is 15.0 Å². The molecule has 1 N–H and O–H groups in total. The van der Waals surface area contributed by atoms with E-state index in [0.717, 1.165) is 32.5 Å². The number of rotatable bonds is 7. The summed E-state index contributed by atoms with van der Waals surface area (Å²) in [4.78, 5) is 14.6. The Balaban J connectivity index is 2.61. The minimum absolute atomic E-state index is 0.148. The van der Waals surface area contributed by atoms with Crippen LogP contribution in [-0.2, 0) is 9.53 Å². The maximum absolute atomic E-state index is 12.1. The zero-order chi connectivity index (χ0) is 14.3. The Bertz CT molecular complexity index is 277. The van der Waals surface area contributed by atoms with Crippen molar-refractivity contribution in [3.8, 4) is 0 Å². The summed E-state index contributed by atoms with van der Waals surface area (Å²) in [5.41, 5.74) is -0.568. The Labute approximate surface area is 117 Å². The van der Waals surface area contributed by atoms with Gasteiger partial charge in [-0.3, -0.25) is 4.79 Å². The molecule has 0 bridgehead atoms. The lowest BCUT2D eigenvalue weighted by molar-refractivity contribution is -0.148. The van der Waals surface area contributed by atoms with E-state index in [-0.39, 0.29) is 5.97 Å². The van der Waals surface area contributed by atoms with Crippen LogP contribution in [-0.4, -0.2) is 49.2 Å². The van der Waals surface area contributed by atoms with Crippen molar-refractivity contribution in [2.45, 2.75) is 64.5 Å². The average molecular weight is 270 g/mol. The number of esters is 1. The Hall–Kier alpha value is -0.610. The number of hydrogen-bond donors (Lipinski definition) is 1. The molecule has 0 aliphatic carbocycles. The monoisotopic (exact) mass is 270 g/mol. The second-order valence-electron chi connectivity index (χ2n) is 5.90. The van der Waals surface area contributed by atoms with E-state index in [1.807, 2.05) is 6.92 Å². The van der Waals surface area contributed by atoms with E-state index in [9.17, 15) is 4.79 Å². The quantitative estimate of drug-likeness (QED) is 0.720. The summed E-state index contributed by atoms with van der Waals surface area (Å²) in [5, 5.41) is 3.37. The highest BCUT2D eigenvalue weighted by Crippen LogP contribution is 2.21. The minimum atomic E-state index is -0.568. The number of piperidine rings is 1. The Morgan fingerprint density at radius 1 is 1.37 bits per heavy atom. The Morgan fingerprint density at radius 3 is 2.53 bits per heavy atom. The number of carbonyl (C=O) groups is 1. The van der Waals surface area contributed by atoms with Gasteiger partial charge in [0, 0.05) is 6.04 Å². The third kappa shape index (κ3) is 4.77. The largest absolute Gasteiger partial charge is 0.468 e. The van der Waals surface area contributed by atoms with Gasteiger partial charge in [0.25, 0.3) is 0 Å². The standard InChI is InChI=1S/C15H30N2O2/c1-5-9-16-15(3,14(18)19-4)12-13(2)17-10-7-6-8-11-17/h13,16H,5-12H2,1-4H3. The smallest absolute Gasteiger partial charge is 0.325 e. The van der Waals surface area contributed by atoms with Gasteiger partial charge in [0.05, 0.1) is 7.11 Å². The molecule has 1 aliphatic rings. The number of nitrogens with zero attached hydrogens (tertiary/aromatic N) is 1. The minimum Gasteiger partial charge on any atom is -0.468 e. The van der Waals surface area contributed by atoms with Crippen LogP contribution >= 0.6 is 0 Å². The van der Waals surface area contributed by atoms with Crippen molar-refractivity contribution in [1.29, 1.82) is 0 Å². The number of ether oxygens (including phenoxy) is 1. The topological polar surface area (TPSA) is 41.6 Å². The molecule has 1 fully saturated rings. The number of methoxy groups -OCH3 is 1. The predicted molar refractivity (Wildman–Crippen MR) is 78.2 cm³/mol. The molecule has 0 amide bonds. The van der Waals surface area contributed by atoms with Crippen LogP contribution in [0.4, 0.5) is 0 Å². The summed E-state index contributed by atoms with van der Waals surface area (Å²) >= 11 is 0. The van der Waals surface area contributed by atoms with Crippen molar-refractivity contribution >= 4 is 5.97 Å². The Kier molecular flexibility index (Phi) is 6.80. The Morgan fingerprint density at radius 2 is 2.00 bits per heavy atom. The normalized spacial score (nSPS) is 21.7. The van der Waals surface area contributed by atoms with Gasteiger partial charge in [-0.15, -0.1) is 0 Å². The van der Waals surface area contributed by atoms with Crippen molar-refractivity contribution in [1.82, 2.24) is 10.2 Å². The highest BCUT2D eigenvalue weighted by Gasteiger charge is 2.36. The first-order chi connectivity index (χ1) is 9.03. The van der Waals surface area contributed by atoms with Crippen LogP contribution in [0.1, 0.15) is 52.9 Å². The van der Waals surface area contributed by atoms with Gasteiger partial charge in [0.2, 0.25) is 0 Å². The van der Waals surface area contributed by atoms with Crippen molar-refractivity contribution in [2.24, 2.45) is 0 Å². The fourth-order valence-corrected chi connectivity index (χ4v) is 2.93.